The highest BCUT2D eigenvalue weighted by Gasteiger charge is 2.21. The van der Waals surface area contributed by atoms with E-state index in [1.54, 1.807) is 34.7 Å². The van der Waals surface area contributed by atoms with Gasteiger partial charge in [0.1, 0.15) is 12.1 Å². The van der Waals surface area contributed by atoms with E-state index in [0.29, 0.717) is 18.9 Å². The summed E-state index contributed by atoms with van der Waals surface area (Å²) in [6.45, 7) is 2.81. The van der Waals surface area contributed by atoms with Gasteiger partial charge in [-0.3, -0.25) is 9.59 Å². The number of carbonyl (C=O) groups is 2. The molecule has 3 aromatic rings. The van der Waals surface area contributed by atoms with Gasteiger partial charge in [0.15, 0.2) is 6.29 Å². The molecule has 1 amide bonds. The molecule has 1 fully saturated rings. The van der Waals surface area contributed by atoms with Crippen LogP contribution in [-0.4, -0.2) is 65.4 Å². The van der Waals surface area contributed by atoms with Crippen LogP contribution in [0.4, 0.5) is 11.5 Å². The van der Waals surface area contributed by atoms with Gasteiger partial charge in [-0.1, -0.05) is 50.1 Å². The third kappa shape index (κ3) is 9.29. The lowest BCUT2D eigenvalue weighted by Crippen LogP contribution is -2.29. The lowest BCUT2D eigenvalue weighted by molar-refractivity contribution is -0.107. The summed E-state index contributed by atoms with van der Waals surface area (Å²) in [7, 11) is 5.41. The van der Waals surface area contributed by atoms with Crippen LogP contribution in [0, 0.1) is 0 Å². The van der Waals surface area contributed by atoms with E-state index in [1.807, 2.05) is 36.5 Å². The Balaban J connectivity index is 0.000000260. The van der Waals surface area contributed by atoms with Crippen molar-refractivity contribution < 1.29 is 9.59 Å². The van der Waals surface area contributed by atoms with Crippen LogP contribution in [0.1, 0.15) is 55.2 Å². The topological polar surface area (TPSA) is 110 Å². The molecule has 4 rings (SSSR count). The van der Waals surface area contributed by atoms with Crippen molar-refractivity contribution in [3.63, 3.8) is 0 Å². The number of hydrogen-bond donors (Lipinski definition) is 1. The van der Waals surface area contributed by atoms with Gasteiger partial charge in [-0.25, -0.2) is 14.6 Å². The number of thioether (sulfide) groups is 1. The third-order valence-corrected chi connectivity index (χ3v) is 7.16. The molecule has 0 saturated heterocycles. The highest BCUT2D eigenvalue weighted by Crippen LogP contribution is 2.33. The maximum Gasteiger partial charge on any atom is 0.213 e. The fourth-order valence-electron chi connectivity index (χ4n) is 3.95. The molecular weight excluding hydrogens is 486 g/mol. The van der Waals surface area contributed by atoms with Gasteiger partial charge in [0.25, 0.3) is 0 Å². The molecule has 0 bridgehead atoms. The van der Waals surface area contributed by atoms with Gasteiger partial charge < -0.3 is 15.5 Å². The van der Waals surface area contributed by atoms with Crippen LogP contribution in [-0.2, 0) is 11.3 Å². The maximum atomic E-state index is 11.0. The first-order valence-corrected chi connectivity index (χ1v) is 13.5. The van der Waals surface area contributed by atoms with Crippen LogP contribution in [0.2, 0.25) is 0 Å². The largest absolute Gasteiger partial charge is 0.357 e. The molecule has 2 N–H and O–H groups in total. The lowest BCUT2D eigenvalue weighted by Gasteiger charge is -2.26. The molecule has 2 heterocycles. The summed E-state index contributed by atoms with van der Waals surface area (Å²) in [6, 6.07) is 12.6. The molecule has 0 atom stereocenters. The summed E-state index contributed by atoms with van der Waals surface area (Å²) in [4.78, 5) is 34.8. The summed E-state index contributed by atoms with van der Waals surface area (Å²) in [6.07, 6.45) is 11.1. The van der Waals surface area contributed by atoms with E-state index < -0.39 is 0 Å². The average Bonchev–Trinajstić information content (AvgIpc) is 3.66. The van der Waals surface area contributed by atoms with Gasteiger partial charge in [-0.05, 0) is 43.7 Å². The number of aldehydes is 1. The molecule has 10 heteroatoms. The highest BCUT2D eigenvalue weighted by molar-refractivity contribution is 7.99. The van der Waals surface area contributed by atoms with Crippen molar-refractivity contribution in [2.75, 3.05) is 36.7 Å². The number of pyridine rings is 1. The summed E-state index contributed by atoms with van der Waals surface area (Å²) in [5, 5.41) is 3.96. The first-order valence-electron chi connectivity index (χ1n) is 12.6. The molecule has 1 saturated carbocycles. The van der Waals surface area contributed by atoms with Crippen LogP contribution in [0.3, 0.4) is 0 Å². The molecule has 0 aliphatic heterocycles. The Kier molecular flexibility index (Phi) is 13.4. The van der Waals surface area contributed by atoms with Gasteiger partial charge in [0, 0.05) is 25.0 Å². The fourth-order valence-corrected chi connectivity index (χ4v) is 4.91. The molecule has 0 radical (unpaired) electrons. The Labute approximate surface area is 224 Å². The quantitative estimate of drug-likeness (QED) is 0.309. The van der Waals surface area contributed by atoms with Gasteiger partial charge in [0.2, 0.25) is 12.2 Å². The Bertz CT molecular complexity index is 1070. The highest BCUT2D eigenvalue weighted by atomic mass is 32.2. The molecule has 200 valence electrons. The maximum absolute atomic E-state index is 11.0. The Morgan fingerprint density at radius 3 is 2.41 bits per heavy atom. The van der Waals surface area contributed by atoms with E-state index in [2.05, 4.69) is 45.7 Å². The zero-order chi connectivity index (χ0) is 27.0. The standard InChI is InChI=1S/C16H25N3OS.C10H9N3O.CH5N/c1-4-9-21-15-10-16(17-11-14(15)18(2)12-20)19(3)13-7-5-6-8-13;14-7-10-11-8-13(12-10)6-9-4-2-1-3-5-9;1-2/h10-13H,4-9H2,1-3H3;1-5,7-8H,6H2;2H2,1H3. The van der Waals surface area contributed by atoms with E-state index >= 15 is 0 Å². The second-order valence-electron chi connectivity index (χ2n) is 8.53. The molecule has 2 aromatic heterocycles. The SMILES string of the molecule is CCCSc1cc(N(C)C2CCCC2)ncc1N(C)C=O.CN.O=Cc1ncn(Cc2ccccc2)n1. The zero-order valence-electron chi connectivity index (χ0n) is 22.3. The summed E-state index contributed by atoms with van der Waals surface area (Å²) >= 11 is 1.80. The first-order chi connectivity index (χ1) is 18.0. The average molecular weight is 526 g/mol. The first kappa shape index (κ1) is 30.0. The minimum Gasteiger partial charge on any atom is -0.357 e. The molecule has 37 heavy (non-hydrogen) atoms. The number of carbonyl (C=O) groups excluding carboxylic acids is 2. The Morgan fingerprint density at radius 2 is 1.81 bits per heavy atom. The third-order valence-electron chi connectivity index (χ3n) is 5.91. The van der Waals surface area contributed by atoms with Crippen molar-refractivity contribution in [2.45, 2.75) is 56.5 Å². The Morgan fingerprint density at radius 1 is 1.11 bits per heavy atom. The fraction of sp³-hybridized carbons (Fsp3) is 0.444. The van der Waals surface area contributed by atoms with Gasteiger partial charge in [0.05, 0.1) is 18.4 Å². The summed E-state index contributed by atoms with van der Waals surface area (Å²) in [5.41, 5.74) is 6.53. The number of nitrogens with two attached hydrogens (primary N) is 1. The lowest BCUT2D eigenvalue weighted by atomic mass is 10.2. The molecule has 9 nitrogen and oxygen atoms in total. The van der Waals surface area contributed by atoms with E-state index in [-0.39, 0.29) is 5.82 Å². The Hall–Kier alpha value is -3.24. The second kappa shape index (κ2) is 16.5. The van der Waals surface area contributed by atoms with Crippen LogP contribution >= 0.6 is 11.8 Å². The number of amides is 1. The van der Waals surface area contributed by atoms with E-state index in [1.165, 1.54) is 32.7 Å². The summed E-state index contributed by atoms with van der Waals surface area (Å²) in [5.74, 6) is 2.29. The summed E-state index contributed by atoms with van der Waals surface area (Å²) < 4.78 is 1.64. The van der Waals surface area contributed by atoms with Crippen molar-refractivity contribution in [1.29, 1.82) is 0 Å². The van der Waals surface area contributed by atoms with Gasteiger partial charge in [-0.15, -0.1) is 16.9 Å². The van der Waals surface area contributed by atoms with Crippen LogP contribution in [0.25, 0.3) is 0 Å². The predicted octanol–water partition coefficient (Wildman–Crippen LogP) is 4.27. The van der Waals surface area contributed by atoms with Crippen LogP contribution in [0.15, 0.2) is 53.8 Å². The van der Waals surface area contributed by atoms with Crippen molar-refractivity contribution in [3.8, 4) is 0 Å². The van der Waals surface area contributed by atoms with E-state index in [9.17, 15) is 9.59 Å². The van der Waals surface area contributed by atoms with Crippen LogP contribution in [0.5, 0.6) is 0 Å². The molecule has 0 unspecified atom stereocenters. The monoisotopic (exact) mass is 525 g/mol. The molecular formula is C27H39N7O2S. The van der Waals surface area contributed by atoms with E-state index in [0.717, 1.165) is 40.5 Å². The molecule has 0 spiro atoms. The number of aromatic nitrogens is 4. The van der Waals surface area contributed by atoms with Crippen LogP contribution < -0.4 is 15.5 Å². The molecule has 1 aliphatic carbocycles. The van der Waals surface area contributed by atoms with E-state index in [4.69, 9.17) is 0 Å². The minimum atomic E-state index is 0.223. The second-order valence-corrected chi connectivity index (χ2v) is 9.66. The number of benzene rings is 1. The van der Waals surface area contributed by atoms with Crippen molar-refractivity contribution in [3.05, 3.63) is 60.3 Å². The molecule has 1 aromatic carbocycles. The number of nitrogens with zero attached hydrogens (tertiary/aromatic N) is 6. The number of anilines is 2. The van der Waals surface area contributed by atoms with Crippen molar-refractivity contribution in [1.82, 2.24) is 19.7 Å². The van der Waals surface area contributed by atoms with Crippen molar-refractivity contribution >= 4 is 36.0 Å². The van der Waals surface area contributed by atoms with Crippen molar-refractivity contribution in [2.24, 2.45) is 5.73 Å². The minimum absolute atomic E-state index is 0.223. The van der Waals surface area contributed by atoms with Gasteiger partial charge >= 0.3 is 0 Å². The number of hydrogen-bond acceptors (Lipinski definition) is 8. The number of rotatable bonds is 10. The molecule has 1 aliphatic rings. The predicted molar refractivity (Wildman–Crippen MR) is 151 cm³/mol. The smallest absolute Gasteiger partial charge is 0.213 e. The normalized spacial score (nSPS) is 12.6. The van der Waals surface area contributed by atoms with Gasteiger partial charge in [-0.2, -0.15) is 0 Å². The zero-order valence-corrected chi connectivity index (χ0v) is 23.1.